The first-order chi connectivity index (χ1) is 12.3. The maximum absolute atomic E-state index is 12.7. The first-order valence-electron chi connectivity index (χ1n) is 9.00. The van der Waals surface area contributed by atoms with E-state index in [0.29, 0.717) is 13.0 Å². The number of imidazole rings is 1. The van der Waals surface area contributed by atoms with Gasteiger partial charge in [0.05, 0.1) is 0 Å². The molecule has 1 saturated heterocycles. The van der Waals surface area contributed by atoms with Crippen LogP contribution >= 0.6 is 0 Å². The standard InChI is InChI=1S/C20H26N4O2/c1-14-21-11-13-23(14)16-9-7-15(8-10-16)22-18(25)17-6-5-12-24(17)19(26)20(2,3)4/h7-11,13,17H,5-6,12H2,1-4H3,(H,22,25)/t17-/m0/s1. The number of hydrogen-bond acceptors (Lipinski definition) is 3. The molecule has 2 amide bonds. The topological polar surface area (TPSA) is 67.2 Å². The van der Waals surface area contributed by atoms with E-state index in [9.17, 15) is 9.59 Å². The molecule has 26 heavy (non-hydrogen) atoms. The normalized spacial score (nSPS) is 17.4. The van der Waals surface area contributed by atoms with Crippen LogP contribution in [0.25, 0.3) is 5.69 Å². The van der Waals surface area contributed by atoms with Crippen LogP contribution in [0, 0.1) is 12.3 Å². The number of nitrogens with one attached hydrogen (secondary N) is 1. The minimum Gasteiger partial charge on any atom is -0.330 e. The van der Waals surface area contributed by atoms with Crippen molar-refractivity contribution in [2.24, 2.45) is 5.41 Å². The van der Waals surface area contributed by atoms with Crippen molar-refractivity contribution in [3.8, 4) is 5.69 Å². The van der Waals surface area contributed by atoms with Crippen LogP contribution < -0.4 is 5.32 Å². The third kappa shape index (κ3) is 3.64. The van der Waals surface area contributed by atoms with Crippen molar-refractivity contribution in [1.29, 1.82) is 0 Å². The molecule has 0 aliphatic carbocycles. The maximum Gasteiger partial charge on any atom is 0.247 e. The molecular formula is C20H26N4O2. The first kappa shape index (κ1) is 18.2. The lowest BCUT2D eigenvalue weighted by molar-refractivity contribution is -0.143. The first-order valence-corrected chi connectivity index (χ1v) is 9.00. The molecule has 6 heteroatoms. The Morgan fingerprint density at radius 1 is 1.19 bits per heavy atom. The van der Waals surface area contributed by atoms with Gasteiger partial charge in [-0.05, 0) is 44.0 Å². The smallest absolute Gasteiger partial charge is 0.247 e. The molecule has 2 aromatic rings. The summed E-state index contributed by atoms with van der Waals surface area (Å²) in [7, 11) is 0. The van der Waals surface area contributed by atoms with Gasteiger partial charge in [0.1, 0.15) is 11.9 Å². The highest BCUT2D eigenvalue weighted by atomic mass is 16.2. The third-order valence-corrected chi connectivity index (χ3v) is 4.70. The SMILES string of the molecule is Cc1nccn1-c1ccc(NC(=O)[C@@H]2CCCN2C(=O)C(C)(C)C)cc1. The van der Waals surface area contributed by atoms with Crippen LogP contribution in [0.2, 0.25) is 0 Å². The second kappa shape index (κ2) is 6.94. The lowest BCUT2D eigenvalue weighted by Crippen LogP contribution is -2.47. The summed E-state index contributed by atoms with van der Waals surface area (Å²) in [6.45, 7) is 8.25. The second-order valence-electron chi connectivity index (χ2n) is 7.79. The van der Waals surface area contributed by atoms with E-state index in [2.05, 4.69) is 10.3 Å². The lowest BCUT2D eigenvalue weighted by Gasteiger charge is -2.30. The fraction of sp³-hybridized carbons (Fsp3) is 0.450. The molecule has 1 aromatic heterocycles. The van der Waals surface area contributed by atoms with Crippen LogP contribution in [0.1, 0.15) is 39.4 Å². The van der Waals surface area contributed by atoms with Crippen LogP contribution in [-0.2, 0) is 9.59 Å². The number of amides is 2. The van der Waals surface area contributed by atoms with Crippen molar-refractivity contribution >= 4 is 17.5 Å². The summed E-state index contributed by atoms with van der Waals surface area (Å²) in [5.74, 6) is 0.816. The molecule has 1 aliphatic heterocycles. The number of aromatic nitrogens is 2. The molecule has 0 saturated carbocycles. The second-order valence-corrected chi connectivity index (χ2v) is 7.79. The molecule has 0 radical (unpaired) electrons. The minimum atomic E-state index is -0.479. The van der Waals surface area contributed by atoms with Gasteiger partial charge in [-0.3, -0.25) is 9.59 Å². The predicted molar refractivity (Wildman–Crippen MR) is 101 cm³/mol. The number of carbonyl (C=O) groups excluding carboxylic acids is 2. The largest absolute Gasteiger partial charge is 0.330 e. The number of rotatable bonds is 3. The van der Waals surface area contributed by atoms with Crippen LogP contribution in [0.3, 0.4) is 0 Å². The highest BCUT2D eigenvalue weighted by Gasteiger charge is 2.38. The van der Waals surface area contributed by atoms with Crippen LogP contribution in [0.15, 0.2) is 36.7 Å². The Kier molecular flexibility index (Phi) is 4.85. The predicted octanol–water partition coefficient (Wildman–Crippen LogP) is 3.16. The molecule has 0 spiro atoms. The van der Waals surface area contributed by atoms with Crippen molar-refractivity contribution in [3.05, 3.63) is 42.5 Å². The zero-order chi connectivity index (χ0) is 18.9. The Morgan fingerprint density at radius 3 is 2.46 bits per heavy atom. The third-order valence-electron chi connectivity index (χ3n) is 4.70. The average Bonchev–Trinajstić information content (AvgIpc) is 3.23. The van der Waals surface area contributed by atoms with Gasteiger partial charge in [0.25, 0.3) is 0 Å². The van der Waals surface area contributed by atoms with E-state index in [-0.39, 0.29) is 11.8 Å². The van der Waals surface area contributed by atoms with Gasteiger partial charge in [0.15, 0.2) is 0 Å². The van der Waals surface area contributed by atoms with Crippen LogP contribution in [0.5, 0.6) is 0 Å². The molecule has 0 unspecified atom stereocenters. The summed E-state index contributed by atoms with van der Waals surface area (Å²) >= 11 is 0. The average molecular weight is 354 g/mol. The molecule has 2 heterocycles. The number of likely N-dealkylation sites (tertiary alicyclic amines) is 1. The van der Waals surface area contributed by atoms with Gasteiger partial charge < -0.3 is 14.8 Å². The van der Waals surface area contributed by atoms with E-state index in [0.717, 1.165) is 23.6 Å². The van der Waals surface area contributed by atoms with E-state index >= 15 is 0 Å². The van der Waals surface area contributed by atoms with E-state index in [1.165, 1.54) is 0 Å². The summed E-state index contributed by atoms with van der Waals surface area (Å²) < 4.78 is 1.98. The van der Waals surface area contributed by atoms with Gasteiger partial charge in [0, 0.05) is 35.7 Å². The molecule has 1 aromatic carbocycles. The molecule has 138 valence electrons. The zero-order valence-corrected chi connectivity index (χ0v) is 15.8. The summed E-state index contributed by atoms with van der Waals surface area (Å²) in [5.41, 5.74) is 1.24. The van der Waals surface area contributed by atoms with E-state index in [1.54, 1.807) is 11.1 Å². The van der Waals surface area contributed by atoms with Gasteiger partial charge >= 0.3 is 0 Å². The monoisotopic (exact) mass is 354 g/mol. The molecule has 6 nitrogen and oxygen atoms in total. The molecule has 1 fully saturated rings. The Balaban J connectivity index is 1.70. The molecule has 1 N–H and O–H groups in total. The summed E-state index contributed by atoms with van der Waals surface area (Å²) in [5, 5.41) is 2.95. The highest BCUT2D eigenvalue weighted by molar-refractivity contribution is 5.98. The summed E-state index contributed by atoms with van der Waals surface area (Å²) in [4.78, 5) is 31.2. The van der Waals surface area contributed by atoms with E-state index in [1.807, 2.05) is 62.7 Å². The lowest BCUT2D eigenvalue weighted by atomic mass is 9.94. The van der Waals surface area contributed by atoms with Gasteiger partial charge in [0.2, 0.25) is 11.8 Å². The Labute approximate surface area is 154 Å². The van der Waals surface area contributed by atoms with Gasteiger partial charge in [-0.25, -0.2) is 4.98 Å². The number of benzene rings is 1. The molecular weight excluding hydrogens is 328 g/mol. The Morgan fingerprint density at radius 2 is 1.88 bits per heavy atom. The quantitative estimate of drug-likeness (QED) is 0.921. The van der Waals surface area contributed by atoms with Crippen molar-refractivity contribution in [3.63, 3.8) is 0 Å². The van der Waals surface area contributed by atoms with Crippen molar-refractivity contribution < 1.29 is 9.59 Å². The van der Waals surface area contributed by atoms with Crippen LogP contribution in [0.4, 0.5) is 5.69 Å². The molecule has 0 bridgehead atoms. The fourth-order valence-electron chi connectivity index (χ4n) is 3.29. The van der Waals surface area contributed by atoms with Crippen molar-refractivity contribution in [1.82, 2.24) is 14.5 Å². The summed E-state index contributed by atoms with van der Waals surface area (Å²) in [6.07, 6.45) is 5.22. The molecule has 1 atom stereocenters. The van der Waals surface area contributed by atoms with Crippen LogP contribution in [-0.4, -0.2) is 38.9 Å². The number of hydrogen-bond donors (Lipinski definition) is 1. The fourth-order valence-corrected chi connectivity index (χ4v) is 3.29. The highest BCUT2D eigenvalue weighted by Crippen LogP contribution is 2.26. The van der Waals surface area contributed by atoms with E-state index in [4.69, 9.17) is 0 Å². The van der Waals surface area contributed by atoms with Crippen molar-refractivity contribution in [2.75, 3.05) is 11.9 Å². The maximum atomic E-state index is 12.7. The Hall–Kier alpha value is -2.63. The van der Waals surface area contributed by atoms with Gasteiger partial charge in [-0.1, -0.05) is 20.8 Å². The number of nitrogens with zero attached hydrogens (tertiary/aromatic N) is 3. The number of aryl methyl sites for hydroxylation is 1. The van der Waals surface area contributed by atoms with Gasteiger partial charge in [-0.15, -0.1) is 0 Å². The zero-order valence-electron chi connectivity index (χ0n) is 15.8. The number of anilines is 1. The molecule has 3 rings (SSSR count). The minimum absolute atomic E-state index is 0.0288. The van der Waals surface area contributed by atoms with Gasteiger partial charge in [-0.2, -0.15) is 0 Å². The Bertz CT molecular complexity index is 802. The van der Waals surface area contributed by atoms with Crippen molar-refractivity contribution in [2.45, 2.75) is 46.6 Å². The molecule has 1 aliphatic rings. The number of carbonyl (C=O) groups is 2. The van der Waals surface area contributed by atoms with E-state index < -0.39 is 11.5 Å². The summed E-state index contributed by atoms with van der Waals surface area (Å²) in [6, 6.07) is 7.24.